The molecule has 1 aliphatic heterocycles. The molecule has 0 spiro atoms. The van der Waals surface area contributed by atoms with Crippen molar-refractivity contribution >= 4 is 0 Å². The molecular weight excluding hydrogens is 206 g/mol. The van der Waals surface area contributed by atoms with E-state index in [4.69, 9.17) is 9.15 Å². The summed E-state index contributed by atoms with van der Waals surface area (Å²) in [4.78, 5) is 0. The van der Waals surface area contributed by atoms with Gasteiger partial charge in [-0.2, -0.15) is 0 Å². The number of hydrogen-bond donors (Lipinski definition) is 1. The molecule has 1 aliphatic rings. The van der Waals surface area contributed by atoms with Crippen LogP contribution in [-0.2, 0) is 11.2 Å². The van der Waals surface area contributed by atoms with E-state index >= 15 is 0 Å². The molecule has 1 aromatic rings. The maximum atomic E-state index is 5.57. The van der Waals surface area contributed by atoms with Crippen LogP contribution in [0.25, 0.3) is 0 Å². The molecule has 0 bridgehead atoms. The second-order valence-corrected chi connectivity index (χ2v) is 3.99. The highest BCUT2D eigenvalue weighted by Crippen LogP contribution is 2.27. The Morgan fingerprint density at radius 3 is 3.12 bits per heavy atom. The van der Waals surface area contributed by atoms with Crippen molar-refractivity contribution in [1.82, 2.24) is 15.5 Å². The first-order chi connectivity index (χ1) is 7.90. The fourth-order valence-corrected chi connectivity index (χ4v) is 1.81. The molecule has 0 saturated carbocycles. The largest absolute Gasteiger partial charge is 0.422 e. The molecule has 1 atom stereocenters. The molecule has 1 fully saturated rings. The molecule has 2 rings (SSSR count). The standard InChI is InChI=1S/C11H19N3O2/c1-2-12-7-3-6-10-13-14-11(16-10)9-5-4-8-15-9/h9,12H,2-8H2,1H3. The number of nitrogens with one attached hydrogen (secondary N) is 1. The Kier molecular flexibility index (Phi) is 4.30. The molecule has 16 heavy (non-hydrogen) atoms. The normalized spacial score (nSPS) is 20.4. The molecule has 1 unspecified atom stereocenters. The van der Waals surface area contributed by atoms with Crippen molar-refractivity contribution in [3.05, 3.63) is 11.8 Å². The minimum absolute atomic E-state index is 0.0371. The number of nitrogens with zero attached hydrogens (tertiary/aromatic N) is 2. The van der Waals surface area contributed by atoms with E-state index in [9.17, 15) is 0 Å². The van der Waals surface area contributed by atoms with Gasteiger partial charge in [-0.3, -0.25) is 0 Å². The van der Waals surface area contributed by atoms with Crippen LogP contribution in [0.5, 0.6) is 0 Å². The average molecular weight is 225 g/mol. The van der Waals surface area contributed by atoms with Crippen molar-refractivity contribution in [3.63, 3.8) is 0 Å². The first-order valence-corrected chi connectivity index (χ1v) is 6.04. The zero-order valence-corrected chi connectivity index (χ0v) is 9.74. The van der Waals surface area contributed by atoms with Gasteiger partial charge in [0, 0.05) is 13.0 Å². The van der Waals surface area contributed by atoms with Crippen LogP contribution in [0.3, 0.4) is 0 Å². The zero-order valence-electron chi connectivity index (χ0n) is 9.74. The number of ether oxygens (including phenoxy) is 1. The van der Waals surface area contributed by atoms with Crippen molar-refractivity contribution in [2.24, 2.45) is 0 Å². The Morgan fingerprint density at radius 1 is 1.44 bits per heavy atom. The summed E-state index contributed by atoms with van der Waals surface area (Å²) >= 11 is 0. The summed E-state index contributed by atoms with van der Waals surface area (Å²) in [6.07, 6.45) is 3.99. The summed E-state index contributed by atoms with van der Waals surface area (Å²) < 4.78 is 11.1. The van der Waals surface area contributed by atoms with E-state index in [1.54, 1.807) is 0 Å². The molecule has 5 nitrogen and oxygen atoms in total. The molecule has 2 heterocycles. The molecule has 0 aliphatic carbocycles. The molecule has 1 saturated heterocycles. The highest BCUT2D eigenvalue weighted by Gasteiger charge is 2.23. The SMILES string of the molecule is CCNCCCc1nnc(C2CCCO2)o1. The van der Waals surface area contributed by atoms with Gasteiger partial charge in [-0.05, 0) is 32.4 Å². The predicted octanol–water partition coefficient (Wildman–Crippen LogP) is 1.46. The van der Waals surface area contributed by atoms with Gasteiger partial charge < -0.3 is 14.5 Å². The van der Waals surface area contributed by atoms with Crippen LogP contribution in [-0.4, -0.2) is 29.9 Å². The maximum absolute atomic E-state index is 5.57. The van der Waals surface area contributed by atoms with Crippen LogP contribution in [0.15, 0.2) is 4.42 Å². The van der Waals surface area contributed by atoms with Crippen LogP contribution in [0.2, 0.25) is 0 Å². The second-order valence-electron chi connectivity index (χ2n) is 3.99. The molecule has 0 radical (unpaired) electrons. The molecule has 1 N–H and O–H groups in total. The van der Waals surface area contributed by atoms with E-state index in [2.05, 4.69) is 22.4 Å². The third-order valence-corrected chi connectivity index (χ3v) is 2.68. The summed E-state index contributed by atoms with van der Waals surface area (Å²) in [6.45, 7) is 4.91. The fraction of sp³-hybridized carbons (Fsp3) is 0.818. The molecule has 0 aromatic carbocycles. The van der Waals surface area contributed by atoms with Gasteiger partial charge in [-0.1, -0.05) is 6.92 Å². The van der Waals surface area contributed by atoms with Gasteiger partial charge >= 0.3 is 0 Å². The van der Waals surface area contributed by atoms with Crippen molar-refractivity contribution in [2.75, 3.05) is 19.7 Å². The van der Waals surface area contributed by atoms with Crippen LogP contribution in [0.4, 0.5) is 0 Å². The van der Waals surface area contributed by atoms with Crippen molar-refractivity contribution in [3.8, 4) is 0 Å². The molecule has 5 heteroatoms. The lowest BCUT2D eigenvalue weighted by molar-refractivity contribution is 0.0880. The van der Waals surface area contributed by atoms with Gasteiger partial charge in [-0.15, -0.1) is 10.2 Å². The lowest BCUT2D eigenvalue weighted by Crippen LogP contribution is -2.14. The van der Waals surface area contributed by atoms with Gasteiger partial charge in [0.05, 0.1) is 0 Å². The smallest absolute Gasteiger partial charge is 0.245 e. The highest BCUT2D eigenvalue weighted by molar-refractivity contribution is 4.89. The molecule has 1 aromatic heterocycles. The van der Waals surface area contributed by atoms with Crippen LogP contribution >= 0.6 is 0 Å². The van der Waals surface area contributed by atoms with Crippen LogP contribution < -0.4 is 5.32 Å². The van der Waals surface area contributed by atoms with Gasteiger partial charge in [0.2, 0.25) is 11.8 Å². The average Bonchev–Trinajstić information content (AvgIpc) is 2.94. The number of aromatic nitrogens is 2. The first kappa shape index (κ1) is 11.5. The second kappa shape index (κ2) is 5.96. The molecule has 0 amide bonds. The number of aryl methyl sites for hydroxylation is 1. The Hall–Kier alpha value is -0.940. The molecular formula is C11H19N3O2. The van der Waals surface area contributed by atoms with Crippen molar-refractivity contribution in [2.45, 2.75) is 38.7 Å². The lowest BCUT2D eigenvalue weighted by Gasteiger charge is -2.01. The van der Waals surface area contributed by atoms with E-state index in [1.165, 1.54) is 0 Å². The lowest BCUT2D eigenvalue weighted by atomic mass is 10.2. The summed E-state index contributed by atoms with van der Waals surface area (Å²) in [5, 5.41) is 11.3. The van der Waals surface area contributed by atoms with Gasteiger partial charge in [0.15, 0.2) is 0 Å². The monoisotopic (exact) mass is 225 g/mol. The third-order valence-electron chi connectivity index (χ3n) is 2.68. The summed E-state index contributed by atoms with van der Waals surface area (Å²) in [6, 6.07) is 0. The van der Waals surface area contributed by atoms with E-state index in [1.807, 2.05) is 0 Å². The van der Waals surface area contributed by atoms with E-state index in [0.29, 0.717) is 5.89 Å². The first-order valence-electron chi connectivity index (χ1n) is 6.04. The van der Waals surface area contributed by atoms with Gasteiger partial charge in [-0.25, -0.2) is 0 Å². The summed E-state index contributed by atoms with van der Waals surface area (Å²) in [7, 11) is 0. The maximum Gasteiger partial charge on any atom is 0.245 e. The Morgan fingerprint density at radius 2 is 2.38 bits per heavy atom. The van der Waals surface area contributed by atoms with Crippen LogP contribution in [0, 0.1) is 0 Å². The van der Waals surface area contributed by atoms with Crippen molar-refractivity contribution in [1.29, 1.82) is 0 Å². The quantitative estimate of drug-likeness (QED) is 0.743. The topological polar surface area (TPSA) is 60.2 Å². The number of hydrogen-bond acceptors (Lipinski definition) is 5. The zero-order chi connectivity index (χ0) is 11.2. The Balaban J connectivity index is 1.77. The van der Waals surface area contributed by atoms with E-state index in [0.717, 1.165) is 51.3 Å². The number of rotatable bonds is 6. The van der Waals surface area contributed by atoms with Gasteiger partial charge in [0.25, 0.3) is 0 Å². The predicted molar refractivity (Wildman–Crippen MR) is 59.1 cm³/mol. The highest BCUT2D eigenvalue weighted by atomic mass is 16.5. The van der Waals surface area contributed by atoms with Crippen LogP contribution in [0.1, 0.15) is 44.1 Å². The minimum atomic E-state index is 0.0371. The third kappa shape index (κ3) is 3.02. The minimum Gasteiger partial charge on any atom is -0.422 e. The Labute approximate surface area is 95.6 Å². The summed E-state index contributed by atoms with van der Waals surface area (Å²) in [5.41, 5.74) is 0. The van der Waals surface area contributed by atoms with E-state index < -0.39 is 0 Å². The van der Waals surface area contributed by atoms with Crippen molar-refractivity contribution < 1.29 is 9.15 Å². The summed E-state index contributed by atoms with van der Waals surface area (Å²) in [5.74, 6) is 1.37. The fourth-order valence-electron chi connectivity index (χ4n) is 1.81. The molecule has 90 valence electrons. The van der Waals surface area contributed by atoms with Gasteiger partial charge in [0.1, 0.15) is 6.10 Å². The van der Waals surface area contributed by atoms with E-state index in [-0.39, 0.29) is 6.10 Å². The Bertz CT molecular complexity index is 308.